The molecule has 1 aromatic carbocycles. The molecule has 1 N–H and O–H groups in total. The zero-order valence-electron chi connectivity index (χ0n) is 12.6. The summed E-state index contributed by atoms with van der Waals surface area (Å²) in [5.74, 6) is 0. The minimum absolute atomic E-state index is 0.101. The van der Waals surface area contributed by atoms with Gasteiger partial charge in [-0.3, -0.25) is 9.55 Å². The molecule has 0 saturated carbocycles. The molecule has 118 valence electrons. The van der Waals surface area contributed by atoms with E-state index in [0.717, 1.165) is 36.3 Å². The summed E-state index contributed by atoms with van der Waals surface area (Å²) in [6.07, 6.45) is 3.02. The van der Waals surface area contributed by atoms with Crippen molar-refractivity contribution in [3.05, 3.63) is 52.0 Å². The summed E-state index contributed by atoms with van der Waals surface area (Å²) >= 11 is 6.07. The number of likely N-dealkylation sites (tertiary alicyclic amines) is 1. The number of nitrogens with one attached hydrogen (secondary N) is 1. The Morgan fingerprint density at radius 2 is 2.04 bits per heavy atom. The van der Waals surface area contributed by atoms with Crippen molar-refractivity contribution >= 4 is 22.8 Å². The highest BCUT2D eigenvalue weighted by atomic mass is 35.5. The maximum absolute atomic E-state index is 12.2. The van der Waals surface area contributed by atoms with Crippen molar-refractivity contribution in [2.75, 3.05) is 19.6 Å². The zero-order chi connectivity index (χ0) is 15.8. The zero-order valence-corrected chi connectivity index (χ0v) is 13.4. The van der Waals surface area contributed by atoms with Crippen LogP contribution in [0, 0.1) is 0 Å². The highest BCUT2D eigenvalue weighted by Gasteiger charge is 2.15. The number of hydrogen-bond acceptors (Lipinski definition) is 3. The molecule has 1 saturated heterocycles. The quantitative estimate of drug-likeness (QED) is 0.801. The largest absolute Gasteiger partial charge is 0.327 e. The van der Waals surface area contributed by atoms with Crippen LogP contribution in [-0.2, 0) is 6.54 Å². The molecule has 0 unspecified atom stereocenters. The first-order valence-electron chi connectivity index (χ1n) is 7.77. The van der Waals surface area contributed by atoms with E-state index in [9.17, 15) is 4.79 Å². The maximum atomic E-state index is 12.2. The number of pyridine rings is 1. The first-order valence-corrected chi connectivity index (χ1v) is 8.15. The number of rotatable bonds is 4. The Kier molecular flexibility index (Phi) is 3.67. The molecule has 3 aromatic rings. The third-order valence-electron chi connectivity index (χ3n) is 4.38. The van der Waals surface area contributed by atoms with E-state index >= 15 is 0 Å². The number of fused-ring (bicyclic) bond motifs is 1. The van der Waals surface area contributed by atoms with Gasteiger partial charge in [0, 0.05) is 29.9 Å². The molecular weight excluding hydrogens is 312 g/mol. The number of benzene rings is 1. The number of nitrogens with zero attached hydrogens (tertiary/aromatic N) is 3. The molecule has 5 nitrogen and oxygen atoms in total. The van der Waals surface area contributed by atoms with E-state index in [0.29, 0.717) is 17.2 Å². The molecule has 3 heterocycles. The number of aromatic nitrogens is 3. The Morgan fingerprint density at radius 3 is 2.78 bits per heavy atom. The SMILES string of the molecule is O=c1[nH]c2ncc(-c3cccc(Cl)c3)cc2n1CCN1CCC1. The molecule has 0 radical (unpaired) electrons. The maximum Gasteiger partial charge on any atom is 0.327 e. The Labute approximate surface area is 138 Å². The van der Waals surface area contributed by atoms with Crippen LogP contribution in [0.4, 0.5) is 0 Å². The van der Waals surface area contributed by atoms with Crippen LogP contribution in [0.1, 0.15) is 6.42 Å². The Hall–Kier alpha value is -2.11. The highest BCUT2D eigenvalue weighted by molar-refractivity contribution is 6.30. The van der Waals surface area contributed by atoms with Gasteiger partial charge in [0.05, 0.1) is 5.52 Å². The van der Waals surface area contributed by atoms with E-state index in [1.54, 1.807) is 10.8 Å². The fourth-order valence-electron chi connectivity index (χ4n) is 2.93. The van der Waals surface area contributed by atoms with Crippen LogP contribution < -0.4 is 5.69 Å². The Bertz CT molecular complexity index is 910. The summed E-state index contributed by atoms with van der Waals surface area (Å²) in [5.41, 5.74) is 3.32. The van der Waals surface area contributed by atoms with Crippen molar-refractivity contribution in [2.24, 2.45) is 0 Å². The lowest BCUT2D eigenvalue weighted by Gasteiger charge is -2.30. The summed E-state index contributed by atoms with van der Waals surface area (Å²) in [6, 6.07) is 9.65. The second kappa shape index (κ2) is 5.83. The number of hydrogen-bond donors (Lipinski definition) is 1. The van der Waals surface area contributed by atoms with E-state index in [4.69, 9.17) is 11.6 Å². The summed E-state index contributed by atoms with van der Waals surface area (Å²) in [6.45, 7) is 3.83. The normalized spacial score (nSPS) is 15.0. The third-order valence-corrected chi connectivity index (χ3v) is 4.61. The lowest BCUT2D eigenvalue weighted by atomic mass is 10.1. The molecule has 0 spiro atoms. The van der Waals surface area contributed by atoms with Gasteiger partial charge in [0.1, 0.15) is 0 Å². The molecule has 4 rings (SSSR count). The number of H-pyrrole nitrogens is 1. The van der Waals surface area contributed by atoms with Crippen LogP contribution in [0.3, 0.4) is 0 Å². The van der Waals surface area contributed by atoms with Crippen LogP contribution in [0.2, 0.25) is 5.02 Å². The first kappa shape index (κ1) is 14.5. The van der Waals surface area contributed by atoms with Gasteiger partial charge in [-0.2, -0.15) is 0 Å². The minimum Gasteiger partial charge on any atom is -0.301 e. The molecule has 1 aliphatic rings. The molecular formula is C17H17ClN4O. The van der Waals surface area contributed by atoms with Crippen molar-refractivity contribution in [1.29, 1.82) is 0 Å². The minimum atomic E-state index is -0.101. The fourth-order valence-corrected chi connectivity index (χ4v) is 3.12. The number of aromatic amines is 1. The summed E-state index contributed by atoms with van der Waals surface area (Å²) in [5, 5.41) is 0.687. The average Bonchev–Trinajstić information content (AvgIpc) is 2.81. The first-order chi connectivity index (χ1) is 11.2. The van der Waals surface area contributed by atoms with Crippen molar-refractivity contribution < 1.29 is 0 Å². The van der Waals surface area contributed by atoms with E-state index in [2.05, 4.69) is 14.9 Å². The summed E-state index contributed by atoms with van der Waals surface area (Å²) < 4.78 is 1.77. The molecule has 0 atom stereocenters. The molecule has 23 heavy (non-hydrogen) atoms. The van der Waals surface area contributed by atoms with Gasteiger partial charge in [0.25, 0.3) is 0 Å². The monoisotopic (exact) mass is 328 g/mol. The standard InChI is InChI=1S/C17H17ClN4O/c18-14-4-1-3-12(9-14)13-10-15-16(19-11-13)20-17(23)22(15)8-7-21-5-2-6-21/h1,3-4,9-11H,2,5-8H2,(H,19,20,23). The van der Waals surface area contributed by atoms with Crippen molar-refractivity contribution in [1.82, 2.24) is 19.4 Å². The van der Waals surface area contributed by atoms with Crippen LogP contribution in [0.5, 0.6) is 0 Å². The lowest BCUT2D eigenvalue weighted by molar-refractivity contribution is 0.175. The molecule has 2 aromatic heterocycles. The van der Waals surface area contributed by atoms with Gasteiger partial charge >= 0.3 is 5.69 Å². The topological polar surface area (TPSA) is 53.9 Å². The molecule has 0 bridgehead atoms. The van der Waals surface area contributed by atoms with E-state index in [1.165, 1.54) is 6.42 Å². The number of imidazole rings is 1. The van der Waals surface area contributed by atoms with Gasteiger partial charge in [0.15, 0.2) is 5.65 Å². The molecule has 1 fully saturated rings. The van der Waals surface area contributed by atoms with Crippen LogP contribution in [0.15, 0.2) is 41.3 Å². The predicted molar refractivity (Wildman–Crippen MR) is 91.9 cm³/mol. The van der Waals surface area contributed by atoms with E-state index in [-0.39, 0.29) is 5.69 Å². The second-order valence-corrected chi connectivity index (χ2v) is 6.32. The highest BCUT2D eigenvalue weighted by Crippen LogP contribution is 2.24. The third kappa shape index (κ3) is 2.78. The van der Waals surface area contributed by atoms with Crippen LogP contribution in [-0.4, -0.2) is 39.1 Å². The van der Waals surface area contributed by atoms with E-state index in [1.807, 2.05) is 30.3 Å². The lowest BCUT2D eigenvalue weighted by Crippen LogP contribution is -2.40. The average molecular weight is 329 g/mol. The van der Waals surface area contributed by atoms with E-state index < -0.39 is 0 Å². The van der Waals surface area contributed by atoms with Gasteiger partial charge in [-0.15, -0.1) is 0 Å². The van der Waals surface area contributed by atoms with Gasteiger partial charge in [-0.1, -0.05) is 23.7 Å². The second-order valence-electron chi connectivity index (χ2n) is 5.88. The fraction of sp³-hybridized carbons (Fsp3) is 0.294. The summed E-state index contributed by atoms with van der Waals surface area (Å²) in [7, 11) is 0. The smallest absolute Gasteiger partial charge is 0.301 e. The van der Waals surface area contributed by atoms with Gasteiger partial charge in [-0.25, -0.2) is 9.78 Å². The molecule has 0 amide bonds. The van der Waals surface area contributed by atoms with Crippen LogP contribution in [0.25, 0.3) is 22.3 Å². The summed E-state index contributed by atoms with van der Waals surface area (Å²) in [4.78, 5) is 21.8. The number of halogens is 1. The van der Waals surface area contributed by atoms with Gasteiger partial charge < -0.3 is 4.90 Å². The Morgan fingerprint density at radius 1 is 1.17 bits per heavy atom. The van der Waals surface area contributed by atoms with Gasteiger partial charge in [0.2, 0.25) is 0 Å². The Balaban J connectivity index is 1.72. The molecule has 6 heteroatoms. The van der Waals surface area contributed by atoms with Gasteiger partial charge in [-0.05, 0) is 43.3 Å². The van der Waals surface area contributed by atoms with Crippen molar-refractivity contribution in [2.45, 2.75) is 13.0 Å². The van der Waals surface area contributed by atoms with Crippen molar-refractivity contribution in [3.63, 3.8) is 0 Å². The predicted octanol–water partition coefficient (Wildman–Crippen LogP) is 2.75. The molecule has 0 aliphatic carbocycles. The van der Waals surface area contributed by atoms with Crippen molar-refractivity contribution in [3.8, 4) is 11.1 Å². The van der Waals surface area contributed by atoms with Crippen LogP contribution >= 0.6 is 11.6 Å². The molecule has 1 aliphatic heterocycles.